The Morgan fingerprint density at radius 1 is 1.20 bits per heavy atom. The van der Waals surface area contributed by atoms with Gasteiger partial charge in [-0.2, -0.15) is 0 Å². The van der Waals surface area contributed by atoms with Crippen molar-refractivity contribution in [2.45, 2.75) is 25.9 Å². The summed E-state index contributed by atoms with van der Waals surface area (Å²) in [4.78, 5) is 0. The van der Waals surface area contributed by atoms with Crippen LogP contribution in [0.3, 0.4) is 0 Å². The van der Waals surface area contributed by atoms with E-state index in [0.717, 1.165) is 24.2 Å². The second-order valence-electron chi connectivity index (χ2n) is 5.63. The van der Waals surface area contributed by atoms with Gasteiger partial charge in [0.05, 0.1) is 13.2 Å². The van der Waals surface area contributed by atoms with Gasteiger partial charge in [0.2, 0.25) is 0 Å². The molecule has 104 valence electrons. The molecule has 2 nitrogen and oxygen atoms in total. The zero-order valence-electron chi connectivity index (χ0n) is 12.0. The fourth-order valence-electron chi connectivity index (χ4n) is 3.19. The van der Waals surface area contributed by atoms with Gasteiger partial charge in [0.25, 0.3) is 0 Å². The number of methoxy groups -OCH3 is 1. The van der Waals surface area contributed by atoms with Crippen LogP contribution in [0.4, 0.5) is 0 Å². The van der Waals surface area contributed by atoms with E-state index >= 15 is 0 Å². The third-order valence-corrected chi connectivity index (χ3v) is 4.22. The molecule has 20 heavy (non-hydrogen) atoms. The quantitative estimate of drug-likeness (QED) is 0.924. The van der Waals surface area contributed by atoms with Crippen molar-refractivity contribution in [1.82, 2.24) is 0 Å². The predicted octanol–water partition coefficient (Wildman–Crippen LogP) is 3.45. The molecule has 0 bridgehead atoms. The van der Waals surface area contributed by atoms with E-state index in [9.17, 15) is 5.11 Å². The minimum atomic E-state index is -0.364. The highest BCUT2D eigenvalue weighted by Gasteiger charge is 2.31. The first kappa shape index (κ1) is 13.2. The van der Waals surface area contributed by atoms with Crippen LogP contribution in [-0.2, 0) is 12.8 Å². The minimum absolute atomic E-state index is 0.239. The first-order chi connectivity index (χ1) is 9.69. The van der Waals surface area contributed by atoms with E-state index in [1.54, 1.807) is 7.11 Å². The molecule has 0 spiro atoms. The van der Waals surface area contributed by atoms with Crippen LogP contribution in [-0.4, -0.2) is 12.2 Å². The van der Waals surface area contributed by atoms with Crippen molar-refractivity contribution in [3.05, 3.63) is 64.7 Å². The molecule has 1 aliphatic carbocycles. The maximum Gasteiger partial charge on any atom is 0.122 e. The zero-order valence-corrected chi connectivity index (χ0v) is 12.0. The van der Waals surface area contributed by atoms with Crippen molar-refractivity contribution in [2.75, 3.05) is 7.11 Å². The molecule has 2 aromatic rings. The predicted molar refractivity (Wildman–Crippen MR) is 80.0 cm³/mol. The molecule has 2 atom stereocenters. The molecule has 0 aliphatic heterocycles. The summed E-state index contributed by atoms with van der Waals surface area (Å²) in [6.45, 7) is 2.09. The molecule has 2 aromatic carbocycles. The molecule has 0 heterocycles. The first-order valence-electron chi connectivity index (χ1n) is 7.08. The van der Waals surface area contributed by atoms with Gasteiger partial charge in [0.15, 0.2) is 0 Å². The molecule has 0 fully saturated rings. The molecule has 2 unspecified atom stereocenters. The number of fused-ring (bicyclic) bond motifs is 1. The van der Waals surface area contributed by atoms with Gasteiger partial charge in [-0.3, -0.25) is 0 Å². The molecule has 0 radical (unpaired) electrons. The maximum absolute atomic E-state index is 10.5. The van der Waals surface area contributed by atoms with Gasteiger partial charge in [-0.05, 0) is 48.4 Å². The number of hydrogen-bond acceptors (Lipinski definition) is 2. The number of rotatable bonds is 3. The molecular formula is C18H20O2. The van der Waals surface area contributed by atoms with Crippen molar-refractivity contribution >= 4 is 0 Å². The van der Waals surface area contributed by atoms with Crippen molar-refractivity contribution in [2.24, 2.45) is 5.92 Å². The molecule has 1 aliphatic rings. The lowest BCUT2D eigenvalue weighted by molar-refractivity contribution is 0.123. The summed E-state index contributed by atoms with van der Waals surface area (Å²) in [5.41, 5.74) is 4.77. The topological polar surface area (TPSA) is 29.5 Å². The van der Waals surface area contributed by atoms with Gasteiger partial charge in [0, 0.05) is 0 Å². The Balaban J connectivity index is 1.85. The molecule has 3 rings (SSSR count). The third kappa shape index (κ3) is 2.32. The Labute approximate surface area is 120 Å². The van der Waals surface area contributed by atoms with Crippen LogP contribution < -0.4 is 4.74 Å². The zero-order chi connectivity index (χ0) is 14.1. The fraction of sp³-hybridized carbons (Fsp3) is 0.333. The van der Waals surface area contributed by atoms with E-state index in [2.05, 4.69) is 25.1 Å². The van der Waals surface area contributed by atoms with Crippen LogP contribution in [0.25, 0.3) is 0 Å². The van der Waals surface area contributed by atoms with Gasteiger partial charge in [-0.25, -0.2) is 0 Å². The average Bonchev–Trinajstić information content (AvgIpc) is 2.76. The van der Waals surface area contributed by atoms with Gasteiger partial charge < -0.3 is 9.84 Å². The van der Waals surface area contributed by atoms with Crippen LogP contribution in [0.15, 0.2) is 42.5 Å². The highest BCUT2D eigenvalue weighted by Crippen LogP contribution is 2.39. The Kier molecular flexibility index (Phi) is 3.49. The van der Waals surface area contributed by atoms with Gasteiger partial charge in [0.1, 0.15) is 5.75 Å². The number of aryl methyl sites for hydroxylation is 1. The Morgan fingerprint density at radius 3 is 2.75 bits per heavy atom. The number of aliphatic hydroxyl groups is 1. The largest absolute Gasteiger partial charge is 0.496 e. The van der Waals surface area contributed by atoms with Crippen LogP contribution in [0, 0.1) is 12.8 Å². The lowest BCUT2D eigenvalue weighted by atomic mass is 9.93. The normalized spacial score (nSPS) is 20.8. The van der Waals surface area contributed by atoms with Crippen LogP contribution in [0.2, 0.25) is 0 Å². The standard InChI is InChI=1S/C18H20O2/c1-12-7-8-17(20-2)14(9-12)11-15-10-13-5-3-4-6-16(13)18(15)19/h3-9,15,18-19H,10-11H2,1-2H3. The number of ether oxygens (including phenoxy) is 1. The molecule has 0 saturated carbocycles. The van der Waals surface area contributed by atoms with Gasteiger partial charge in [-0.15, -0.1) is 0 Å². The van der Waals surface area contributed by atoms with Gasteiger partial charge >= 0.3 is 0 Å². The molecule has 0 saturated heterocycles. The summed E-state index contributed by atoms with van der Waals surface area (Å²) in [5.74, 6) is 1.15. The SMILES string of the molecule is COc1ccc(C)cc1CC1Cc2ccccc2C1O. The molecule has 0 aromatic heterocycles. The monoisotopic (exact) mass is 268 g/mol. The van der Waals surface area contributed by atoms with E-state index in [1.807, 2.05) is 24.3 Å². The fourth-order valence-corrected chi connectivity index (χ4v) is 3.19. The molecule has 2 heteroatoms. The highest BCUT2D eigenvalue weighted by molar-refractivity contribution is 5.40. The summed E-state index contributed by atoms with van der Waals surface area (Å²) in [7, 11) is 1.70. The van der Waals surface area contributed by atoms with Crippen LogP contribution in [0.1, 0.15) is 28.4 Å². The summed E-state index contributed by atoms with van der Waals surface area (Å²) in [6.07, 6.45) is 1.42. The molecular weight excluding hydrogens is 248 g/mol. The van der Waals surface area contributed by atoms with Gasteiger partial charge in [-0.1, -0.05) is 42.0 Å². The van der Waals surface area contributed by atoms with E-state index in [0.29, 0.717) is 0 Å². The molecule has 1 N–H and O–H groups in total. The maximum atomic E-state index is 10.5. The highest BCUT2D eigenvalue weighted by atomic mass is 16.5. The van der Waals surface area contributed by atoms with Crippen molar-refractivity contribution in [1.29, 1.82) is 0 Å². The van der Waals surface area contributed by atoms with E-state index in [1.165, 1.54) is 16.7 Å². The van der Waals surface area contributed by atoms with Crippen molar-refractivity contribution < 1.29 is 9.84 Å². The summed E-state index contributed by atoms with van der Waals surface area (Å²) in [5, 5.41) is 10.5. The molecule has 0 amide bonds. The van der Waals surface area contributed by atoms with Crippen LogP contribution in [0.5, 0.6) is 5.75 Å². The summed E-state index contributed by atoms with van der Waals surface area (Å²) < 4.78 is 5.44. The van der Waals surface area contributed by atoms with Crippen molar-refractivity contribution in [3.63, 3.8) is 0 Å². The van der Waals surface area contributed by atoms with E-state index in [-0.39, 0.29) is 12.0 Å². The second-order valence-corrected chi connectivity index (χ2v) is 5.63. The average molecular weight is 268 g/mol. The first-order valence-corrected chi connectivity index (χ1v) is 7.08. The summed E-state index contributed by atoms with van der Waals surface area (Å²) in [6, 6.07) is 14.4. The Morgan fingerprint density at radius 2 is 2.00 bits per heavy atom. The van der Waals surface area contributed by atoms with E-state index in [4.69, 9.17) is 4.74 Å². The Hall–Kier alpha value is -1.80. The minimum Gasteiger partial charge on any atom is -0.496 e. The third-order valence-electron chi connectivity index (χ3n) is 4.22. The lowest BCUT2D eigenvalue weighted by Crippen LogP contribution is -2.11. The van der Waals surface area contributed by atoms with E-state index < -0.39 is 0 Å². The van der Waals surface area contributed by atoms with Crippen molar-refractivity contribution in [3.8, 4) is 5.75 Å². The lowest BCUT2D eigenvalue weighted by Gasteiger charge is -2.17. The Bertz CT molecular complexity index is 619. The smallest absolute Gasteiger partial charge is 0.122 e. The number of aliphatic hydroxyl groups excluding tert-OH is 1. The summed E-state index contributed by atoms with van der Waals surface area (Å²) >= 11 is 0. The number of hydrogen-bond donors (Lipinski definition) is 1. The second kappa shape index (κ2) is 5.29. The number of benzene rings is 2. The van der Waals surface area contributed by atoms with Crippen LogP contribution >= 0.6 is 0 Å².